The first-order valence-electron chi connectivity index (χ1n) is 5.21. The average Bonchev–Trinajstić information content (AvgIpc) is 2.54. The Balaban J connectivity index is 2.66. The van der Waals surface area contributed by atoms with E-state index in [9.17, 15) is 9.59 Å². The third-order valence-electron chi connectivity index (χ3n) is 3.07. The number of nitrogens with zero attached hydrogens (tertiary/aromatic N) is 1. The first-order valence-corrected chi connectivity index (χ1v) is 6.43. The van der Waals surface area contributed by atoms with Crippen molar-refractivity contribution < 1.29 is 9.59 Å². The minimum atomic E-state index is -0.250. The first-order chi connectivity index (χ1) is 7.06. The quantitative estimate of drug-likeness (QED) is 0.727. The van der Waals surface area contributed by atoms with Crippen LogP contribution in [0.1, 0.15) is 26.7 Å². The molecule has 86 valence electrons. The van der Waals surface area contributed by atoms with Gasteiger partial charge in [0.15, 0.2) is 0 Å². The van der Waals surface area contributed by atoms with Gasteiger partial charge < -0.3 is 4.90 Å². The molecule has 0 aromatic heterocycles. The van der Waals surface area contributed by atoms with Gasteiger partial charge in [-0.25, -0.2) is 4.79 Å². The molecule has 1 saturated heterocycles. The van der Waals surface area contributed by atoms with Gasteiger partial charge in [-0.2, -0.15) is 11.8 Å². The van der Waals surface area contributed by atoms with Crippen LogP contribution in [-0.2, 0) is 4.79 Å². The lowest BCUT2D eigenvalue weighted by atomic mass is 10.0. The molecule has 5 heteroatoms. The van der Waals surface area contributed by atoms with Crippen molar-refractivity contribution in [2.75, 3.05) is 19.3 Å². The van der Waals surface area contributed by atoms with Crippen LogP contribution in [0.2, 0.25) is 0 Å². The largest absolute Gasteiger partial charge is 0.324 e. The Labute approximate surface area is 94.8 Å². The number of imide groups is 1. The van der Waals surface area contributed by atoms with Crippen molar-refractivity contribution in [3.63, 3.8) is 0 Å². The van der Waals surface area contributed by atoms with E-state index >= 15 is 0 Å². The van der Waals surface area contributed by atoms with Crippen LogP contribution in [0.5, 0.6) is 0 Å². The van der Waals surface area contributed by atoms with E-state index in [0.29, 0.717) is 6.54 Å². The van der Waals surface area contributed by atoms with Gasteiger partial charge in [-0.05, 0) is 19.1 Å². The zero-order chi connectivity index (χ0) is 11.5. The van der Waals surface area contributed by atoms with Crippen molar-refractivity contribution in [1.82, 2.24) is 10.2 Å². The van der Waals surface area contributed by atoms with Crippen LogP contribution >= 0.6 is 11.8 Å². The van der Waals surface area contributed by atoms with Crippen LogP contribution < -0.4 is 5.32 Å². The van der Waals surface area contributed by atoms with E-state index in [1.807, 2.05) is 0 Å². The second-order valence-corrected chi connectivity index (χ2v) is 5.08. The average molecular weight is 230 g/mol. The van der Waals surface area contributed by atoms with Crippen molar-refractivity contribution in [3.8, 4) is 0 Å². The highest BCUT2D eigenvalue weighted by atomic mass is 32.2. The molecule has 4 nitrogen and oxygen atoms in total. The molecule has 1 fully saturated rings. The zero-order valence-electron chi connectivity index (χ0n) is 9.50. The molecule has 0 aliphatic carbocycles. The van der Waals surface area contributed by atoms with E-state index in [1.54, 1.807) is 16.7 Å². The molecule has 1 aliphatic rings. The molecule has 0 atom stereocenters. The number of urea groups is 1. The number of amides is 3. The zero-order valence-corrected chi connectivity index (χ0v) is 10.3. The number of nitrogens with one attached hydrogen (secondary N) is 1. The summed E-state index contributed by atoms with van der Waals surface area (Å²) in [5.41, 5.74) is 0. The Morgan fingerprint density at radius 2 is 2.00 bits per heavy atom. The van der Waals surface area contributed by atoms with Crippen LogP contribution in [0.4, 0.5) is 4.79 Å². The number of carbonyl (C=O) groups is 2. The molecule has 1 heterocycles. The maximum absolute atomic E-state index is 11.4. The summed E-state index contributed by atoms with van der Waals surface area (Å²) in [6, 6.07) is -0.250. The molecule has 1 aliphatic heterocycles. The lowest BCUT2D eigenvalue weighted by molar-refractivity contribution is -0.118. The van der Waals surface area contributed by atoms with E-state index in [0.717, 1.165) is 12.8 Å². The topological polar surface area (TPSA) is 49.4 Å². The summed E-state index contributed by atoms with van der Waals surface area (Å²) in [7, 11) is 0. The molecule has 1 N–H and O–H groups in total. The normalized spacial score (nSPS) is 17.1. The highest BCUT2D eigenvalue weighted by Gasteiger charge is 2.34. The maximum Gasteiger partial charge on any atom is 0.324 e. The second kappa shape index (κ2) is 4.88. The third kappa shape index (κ3) is 2.65. The Kier molecular flexibility index (Phi) is 4.02. The summed E-state index contributed by atoms with van der Waals surface area (Å²) < 4.78 is 0.0853. The Hall–Kier alpha value is -0.710. The molecule has 15 heavy (non-hydrogen) atoms. The van der Waals surface area contributed by atoms with Gasteiger partial charge in [-0.15, -0.1) is 0 Å². The predicted molar refractivity (Wildman–Crippen MR) is 61.9 cm³/mol. The molecular weight excluding hydrogens is 212 g/mol. The number of hydrogen-bond donors (Lipinski definition) is 1. The molecule has 3 amide bonds. The Morgan fingerprint density at radius 1 is 1.40 bits per heavy atom. The minimum Gasteiger partial charge on any atom is -0.314 e. The predicted octanol–water partition coefficient (Wildman–Crippen LogP) is 1.46. The van der Waals surface area contributed by atoms with Crippen molar-refractivity contribution in [3.05, 3.63) is 0 Å². The highest BCUT2D eigenvalue weighted by molar-refractivity contribution is 8.00. The van der Waals surface area contributed by atoms with Crippen LogP contribution in [-0.4, -0.2) is 40.9 Å². The van der Waals surface area contributed by atoms with E-state index < -0.39 is 0 Å². The maximum atomic E-state index is 11.4. The van der Waals surface area contributed by atoms with Gasteiger partial charge >= 0.3 is 6.03 Å². The molecule has 0 saturated carbocycles. The monoisotopic (exact) mass is 230 g/mol. The lowest BCUT2D eigenvalue weighted by Crippen LogP contribution is -2.41. The lowest BCUT2D eigenvalue weighted by Gasteiger charge is -2.33. The highest BCUT2D eigenvalue weighted by Crippen LogP contribution is 2.31. The van der Waals surface area contributed by atoms with Crippen LogP contribution in [0.25, 0.3) is 0 Å². The van der Waals surface area contributed by atoms with Crippen molar-refractivity contribution in [1.29, 1.82) is 0 Å². The van der Waals surface area contributed by atoms with E-state index in [-0.39, 0.29) is 23.2 Å². The van der Waals surface area contributed by atoms with Gasteiger partial charge in [0.1, 0.15) is 6.54 Å². The molecule has 0 bridgehead atoms. The summed E-state index contributed by atoms with van der Waals surface area (Å²) in [5.74, 6) is -0.192. The summed E-state index contributed by atoms with van der Waals surface area (Å²) >= 11 is 1.77. The first kappa shape index (κ1) is 12.4. The van der Waals surface area contributed by atoms with Crippen LogP contribution in [0.3, 0.4) is 0 Å². The number of thioether (sulfide) groups is 1. The van der Waals surface area contributed by atoms with Gasteiger partial charge in [-0.1, -0.05) is 13.8 Å². The molecule has 0 radical (unpaired) electrons. The summed E-state index contributed by atoms with van der Waals surface area (Å²) in [6.07, 6.45) is 4.06. The van der Waals surface area contributed by atoms with Gasteiger partial charge in [0.2, 0.25) is 5.91 Å². The fourth-order valence-corrected chi connectivity index (χ4v) is 2.65. The van der Waals surface area contributed by atoms with Gasteiger partial charge in [0.25, 0.3) is 0 Å². The molecule has 0 unspecified atom stereocenters. The summed E-state index contributed by atoms with van der Waals surface area (Å²) in [4.78, 5) is 24.0. The SMILES string of the molecule is CCC(CC)(CN1CC(=O)NC1=O)SC. The van der Waals surface area contributed by atoms with Crippen LogP contribution in [0.15, 0.2) is 0 Å². The molecule has 0 aromatic carbocycles. The molecule has 0 aromatic rings. The van der Waals surface area contributed by atoms with E-state index in [2.05, 4.69) is 25.4 Å². The minimum absolute atomic E-state index is 0.0853. The van der Waals surface area contributed by atoms with E-state index in [4.69, 9.17) is 0 Å². The van der Waals surface area contributed by atoms with Gasteiger partial charge in [0.05, 0.1) is 0 Å². The Morgan fingerprint density at radius 3 is 2.33 bits per heavy atom. The standard InChI is InChI=1S/C10H18N2O2S/c1-4-10(5-2,15-3)7-12-6-8(13)11-9(12)14/h4-7H2,1-3H3,(H,11,13,14). The Bertz CT molecular complexity index is 256. The van der Waals surface area contributed by atoms with Gasteiger partial charge in [-0.3, -0.25) is 10.1 Å². The third-order valence-corrected chi connectivity index (χ3v) is 4.64. The summed E-state index contributed by atoms with van der Waals surface area (Å²) in [6.45, 7) is 5.10. The van der Waals surface area contributed by atoms with Crippen molar-refractivity contribution >= 4 is 23.7 Å². The molecule has 1 rings (SSSR count). The number of rotatable bonds is 5. The molecular formula is C10H18N2O2S. The van der Waals surface area contributed by atoms with E-state index in [1.165, 1.54) is 0 Å². The van der Waals surface area contributed by atoms with Crippen LogP contribution in [0, 0.1) is 0 Å². The smallest absolute Gasteiger partial charge is 0.314 e. The fourth-order valence-electron chi connectivity index (χ4n) is 1.79. The number of carbonyl (C=O) groups excluding carboxylic acids is 2. The fraction of sp³-hybridized carbons (Fsp3) is 0.800. The number of hydrogen-bond acceptors (Lipinski definition) is 3. The van der Waals surface area contributed by atoms with Crippen molar-refractivity contribution in [2.45, 2.75) is 31.4 Å². The summed E-state index contributed by atoms with van der Waals surface area (Å²) in [5, 5.41) is 2.30. The van der Waals surface area contributed by atoms with Crippen molar-refractivity contribution in [2.24, 2.45) is 0 Å². The molecule has 0 spiro atoms. The second-order valence-electron chi connectivity index (χ2n) is 3.80. The van der Waals surface area contributed by atoms with Gasteiger partial charge in [0, 0.05) is 11.3 Å².